The fourth-order valence-electron chi connectivity index (χ4n) is 4.27. The summed E-state index contributed by atoms with van der Waals surface area (Å²) in [6, 6.07) is 22.4. The third-order valence-corrected chi connectivity index (χ3v) is 6.89. The summed E-state index contributed by atoms with van der Waals surface area (Å²) in [5.74, 6) is 1.13. The Balaban J connectivity index is 0.00000342. The van der Waals surface area contributed by atoms with Gasteiger partial charge in [0.1, 0.15) is 5.75 Å². The smallest absolute Gasteiger partial charge is 0.658 e. The van der Waals surface area contributed by atoms with E-state index in [9.17, 15) is 0 Å². The van der Waals surface area contributed by atoms with E-state index in [2.05, 4.69) is 52.9 Å². The molecule has 3 aromatic carbocycles. The van der Waals surface area contributed by atoms with Crippen LogP contribution >= 0.6 is 23.2 Å². The molecule has 0 bridgehead atoms. The summed E-state index contributed by atoms with van der Waals surface area (Å²) in [5, 5.41) is 10.9. The number of nitrogens with one attached hydrogen (secondary N) is 2. The van der Waals surface area contributed by atoms with Crippen molar-refractivity contribution in [3.05, 3.63) is 105 Å². The zero-order valence-corrected chi connectivity index (χ0v) is 25.0. The first-order chi connectivity index (χ1) is 16.7. The molecule has 0 aliphatic carbocycles. The monoisotopic (exact) mass is 533 g/mol. The van der Waals surface area contributed by atoms with Crippen LogP contribution in [0, 0.1) is 0 Å². The molecule has 1 atom stereocenters. The molecule has 1 unspecified atom stereocenters. The SMILES string of the molecule is COc1ccccc1C[N-]CC(CCNCCc1c[nH]c2ccccc12)c1ccc(Cl)c(Cl)c1.[K+]. The van der Waals surface area contributed by atoms with Crippen molar-refractivity contribution in [2.24, 2.45) is 0 Å². The number of methoxy groups -OCH3 is 1. The molecule has 2 N–H and O–H groups in total. The van der Waals surface area contributed by atoms with Gasteiger partial charge in [0.05, 0.1) is 17.2 Å². The predicted molar refractivity (Wildman–Crippen MR) is 144 cm³/mol. The number of para-hydroxylation sites is 2. The second-order valence-corrected chi connectivity index (χ2v) is 9.21. The van der Waals surface area contributed by atoms with Gasteiger partial charge in [-0.2, -0.15) is 0 Å². The summed E-state index contributed by atoms with van der Waals surface area (Å²) >= 11 is 12.5. The van der Waals surface area contributed by atoms with E-state index in [1.54, 1.807) is 7.11 Å². The summed E-state index contributed by atoms with van der Waals surface area (Å²) < 4.78 is 5.46. The maximum atomic E-state index is 6.32. The average Bonchev–Trinajstić information content (AvgIpc) is 3.28. The van der Waals surface area contributed by atoms with Crippen LogP contribution in [0.1, 0.15) is 29.0 Å². The number of hydrogen-bond acceptors (Lipinski definition) is 2. The van der Waals surface area contributed by atoms with Crippen LogP contribution in [-0.2, 0) is 13.0 Å². The van der Waals surface area contributed by atoms with Crippen molar-refractivity contribution in [3.63, 3.8) is 0 Å². The molecule has 1 heterocycles. The van der Waals surface area contributed by atoms with Crippen molar-refractivity contribution in [2.75, 3.05) is 26.7 Å². The Morgan fingerprint density at radius 1 is 0.943 bits per heavy atom. The van der Waals surface area contributed by atoms with Gasteiger partial charge in [0.15, 0.2) is 0 Å². The molecule has 4 rings (SSSR count). The van der Waals surface area contributed by atoms with Crippen LogP contribution in [0.25, 0.3) is 16.2 Å². The molecule has 7 heteroatoms. The van der Waals surface area contributed by atoms with E-state index < -0.39 is 0 Å². The Hall–Kier alpha value is -0.864. The van der Waals surface area contributed by atoms with Gasteiger partial charge in [-0.15, -0.1) is 13.1 Å². The quantitative estimate of drug-likeness (QED) is 0.210. The molecule has 0 fully saturated rings. The van der Waals surface area contributed by atoms with Crippen LogP contribution in [-0.4, -0.2) is 31.7 Å². The summed E-state index contributed by atoms with van der Waals surface area (Å²) in [7, 11) is 1.69. The fraction of sp³-hybridized carbons (Fsp3) is 0.286. The largest absolute Gasteiger partial charge is 1.00 e. The standard InChI is InChI=1S/C28H30Cl2N3O.K/c1-34-28-9-5-2-6-23(28)18-32-17-21(20-10-11-25(29)26(30)16-20)12-14-31-15-13-22-19-33-27-8-4-3-7-24(22)27;/h2-11,16,19,21,31,33H,12-15,17-18H2,1H3;/q-1;+1. The van der Waals surface area contributed by atoms with Crippen molar-refractivity contribution in [3.8, 4) is 5.75 Å². The van der Waals surface area contributed by atoms with Gasteiger partial charge < -0.3 is 20.4 Å². The van der Waals surface area contributed by atoms with Gasteiger partial charge in [0, 0.05) is 17.1 Å². The molecular formula is C28H30Cl2KN3O. The summed E-state index contributed by atoms with van der Waals surface area (Å²) in [6.07, 6.45) is 4.06. The van der Waals surface area contributed by atoms with E-state index in [-0.39, 0.29) is 57.3 Å². The maximum Gasteiger partial charge on any atom is 1.00 e. The first kappa shape index (κ1) is 28.7. The van der Waals surface area contributed by atoms with E-state index in [0.29, 0.717) is 23.1 Å². The molecule has 0 aliphatic rings. The molecule has 4 aromatic rings. The van der Waals surface area contributed by atoms with Gasteiger partial charge >= 0.3 is 51.4 Å². The van der Waals surface area contributed by atoms with E-state index in [0.717, 1.165) is 42.8 Å². The molecule has 4 nitrogen and oxygen atoms in total. The van der Waals surface area contributed by atoms with Gasteiger partial charge in [0.25, 0.3) is 0 Å². The first-order valence-corrected chi connectivity index (χ1v) is 12.4. The third-order valence-electron chi connectivity index (χ3n) is 6.15. The van der Waals surface area contributed by atoms with E-state index in [1.165, 1.54) is 16.5 Å². The Labute approximate surface area is 260 Å². The second kappa shape index (κ2) is 14.8. The first-order valence-electron chi connectivity index (χ1n) is 11.6. The number of nitrogens with zero attached hydrogens (tertiary/aromatic N) is 1. The van der Waals surface area contributed by atoms with Crippen molar-refractivity contribution >= 4 is 34.1 Å². The Morgan fingerprint density at radius 2 is 1.74 bits per heavy atom. The van der Waals surface area contributed by atoms with Gasteiger partial charge in [0.2, 0.25) is 0 Å². The third kappa shape index (κ3) is 8.06. The molecule has 178 valence electrons. The molecule has 0 radical (unpaired) electrons. The molecule has 0 amide bonds. The molecule has 0 aliphatic heterocycles. The van der Waals surface area contributed by atoms with Crippen LogP contribution in [0.15, 0.2) is 72.9 Å². The van der Waals surface area contributed by atoms with Crippen molar-refractivity contribution < 1.29 is 56.1 Å². The minimum Gasteiger partial charge on any atom is -0.658 e. The van der Waals surface area contributed by atoms with E-state index in [4.69, 9.17) is 33.3 Å². The van der Waals surface area contributed by atoms with Crippen molar-refractivity contribution in [1.82, 2.24) is 10.3 Å². The maximum absolute atomic E-state index is 6.32. The Morgan fingerprint density at radius 3 is 2.57 bits per heavy atom. The number of rotatable bonds is 12. The fourth-order valence-corrected chi connectivity index (χ4v) is 4.57. The van der Waals surface area contributed by atoms with Gasteiger partial charge in [-0.3, -0.25) is 0 Å². The predicted octanol–water partition coefficient (Wildman–Crippen LogP) is 4.37. The van der Waals surface area contributed by atoms with Crippen LogP contribution < -0.4 is 61.4 Å². The average molecular weight is 535 g/mol. The van der Waals surface area contributed by atoms with Crippen LogP contribution in [0.4, 0.5) is 0 Å². The minimum absolute atomic E-state index is 0. The second-order valence-electron chi connectivity index (χ2n) is 8.39. The molecule has 35 heavy (non-hydrogen) atoms. The summed E-state index contributed by atoms with van der Waals surface area (Å²) in [6.45, 7) is 3.15. The number of hydrogen-bond donors (Lipinski definition) is 2. The van der Waals surface area contributed by atoms with Crippen LogP contribution in [0.3, 0.4) is 0 Å². The zero-order chi connectivity index (χ0) is 23.8. The van der Waals surface area contributed by atoms with Gasteiger partial charge in [-0.1, -0.05) is 65.7 Å². The Bertz CT molecular complexity index is 1210. The number of aromatic nitrogens is 1. The molecule has 1 aromatic heterocycles. The molecule has 0 saturated carbocycles. The minimum atomic E-state index is 0. The molecular weight excluding hydrogens is 504 g/mol. The number of benzene rings is 3. The Kier molecular flexibility index (Phi) is 12.1. The summed E-state index contributed by atoms with van der Waals surface area (Å²) in [4.78, 5) is 3.35. The zero-order valence-electron chi connectivity index (χ0n) is 20.4. The van der Waals surface area contributed by atoms with Crippen LogP contribution in [0.5, 0.6) is 5.75 Å². The van der Waals surface area contributed by atoms with Gasteiger partial charge in [-0.05, 0) is 72.8 Å². The van der Waals surface area contributed by atoms with E-state index in [1.807, 2.05) is 30.3 Å². The number of H-pyrrole nitrogens is 1. The van der Waals surface area contributed by atoms with Crippen molar-refractivity contribution in [1.29, 1.82) is 0 Å². The normalized spacial score (nSPS) is 11.9. The molecule has 0 saturated heterocycles. The van der Waals surface area contributed by atoms with Crippen LogP contribution in [0.2, 0.25) is 10.0 Å². The van der Waals surface area contributed by atoms with Crippen molar-refractivity contribution in [2.45, 2.75) is 25.3 Å². The number of ether oxygens (including phenoxy) is 1. The van der Waals surface area contributed by atoms with E-state index >= 15 is 0 Å². The number of aromatic amines is 1. The van der Waals surface area contributed by atoms with Gasteiger partial charge in [-0.25, -0.2) is 0 Å². The topological polar surface area (TPSA) is 51.1 Å². The number of halogens is 2. The molecule has 0 spiro atoms. The summed E-state index contributed by atoms with van der Waals surface area (Å²) in [5.41, 5.74) is 4.79. The number of fused-ring (bicyclic) bond motifs is 1.